The van der Waals surface area contributed by atoms with Crippen LogP contribution in [0.25, 0.3) is 22.7 Å². The summed E-state index contributed by atoms with van der Waals surface area (Å²) >= 11 is 0. The molecule has 5 heterocycles. The van der Waals surface area contributed by atoms with E-state index in [0.29, 0.717) is 0 Å². The summed E-state index contributed by atoms with van der Waals surface area (Å²) < 4.78 is 3.90. The Morgan fingerprint density at radius 1 is 0.966 bits per heavy atom. The Balaban J connectivity index is 1.50. The lowest BCUT2D eigenvalue weighted by Crippen LogP contribution is -2.44. The predicted octanol–water partition coefficient (Wildman–Crippen LogP) is 2.35. The second-order valence-corrected chi connectivity index (χ2v) is 7.62. The molecule has 1 aliphatic rings. The quantitative estimate of drug-likeness (QED) is 0.537. The van der Waals surface area contributed by atoms with E-state index in [1.807, 2.05) is 47.6 Å². The number of pyridine rings is 1. The minimum atomic E-state index is 0.812. The second-order valence-electron chi connectivity index (χ2n) is 7.62. The van der Waals surface area contributed by atoms with Gasteiger partial charge in [0.25, 0.3) is 0 Å². The summed E-state index contributed by atoms with van der Waals surface area (Å²) in [6.45, 7) is 8.17. The molecule has 1 fully saturated rings. The average molecular weight is 388 g/mol. The van der Waals surface area contributed by atoms with Gasteiger partial charge in [0.1, 0.15) is 11.6 Å². The van der Waals surface area contributed by atoms with Crippen LogP contribution < -0.4 is 4.90 Å². The Morgan fingerprint density at radius 2 is 1.79 bits per heavy atom. The number of anilines is 1. The van der Waals surface area contributed by atoms with Gasteiger partial charge in [0, 0.05) is 50.0 Å². The van der Waals surface area contributed by atoms with Crippen molar-refractivity contribution in [2.24, 2.45) is 0 Å². The molecule has 8 nitrogen and oxygen atoms in total. The molecule has 5 rings (SSSR count). The summed E-state index contributed by atoms with van der Waals surface area (Å²) in [4.78, 5) is 18.7. The van der Waals surface area contributed by atoms with Crippen molar-refractivity contribution in [1.82, 2.24) is 34.0 Å². The first-order chi connectivity index (χ1) is 14.1. The molecule has 0 unspecified atom stereocenters. The highest BCUT2D eigenvalue weighted by Crippen LogP contribution is 2.26. The minimum absolute atomic E-state index is 0.812. The Kier molecular flexibility index (Phi) is 4.28. The highest BCUT2D eigenvalue weighted by atomic mass is 15.3. The fourth-order valence-electron chi connectivity index (χ4n) is 3.88. The Morgan fingerprint density at radius 3 is 2.55 bits per heavy atom. The number of aromatic nitrogens is 6. The van der Waals surface area contributed by atoms with Crippen molar-refractivity contribution >= 4 is 11.5 Å². The van der Waals surface area contributed by atoms with Gasteiger partial charge < -0.3 is 9.80 Å². The van der Waals surface area contributed by atoms with Gasteiger partial charge in [-0.1, -0.05) is 0 Å². The van der Waals surface area contributed by atoms with E-state index < -0.39 is 0 Å². The van der Waals surface area contributed by atoms with Gasteiger partial charge in [-0.2, -0.15) is 5.10 Å². The number of aryl methyl sites for hydroxylation is 2. The molecule has 0 bridgehead atoms. The van der Waals surface area contributed by atoms with Gasteiger partial charge in [-0.05, 0) is 39.1 Å². The van der Waals surface area contributed by atoms with Crippen LogP contribution in [0.2, 0.25) is 0 Å². The molecule has 1 aliphatic heterocycles. The smallest absolute Gasteiger partial charge is 0.166 e. The molecule has 8 heteroatoms. The zero-order chi connectivity index (χ0) is 20.0. The lowest BCUT2D eigenvalue weighted by molar-refractivity contribution is 0.312. The molecule has 0 aliphatic carbocycles. The third kappa shape index (κ3) is 3.15. The predicted molar refractivity (Wildman–Crippen MR) is 113 cm³/mol. The van der Waals surface area contributed by atoms with E-state index in [0.717, 1.165) is 66.1 Å². The first kappa shape index (κ1) is 17.8. The molecule has 1 saturated heterocycles. The minimum Gasteiger partial charge on any atom is -0.354 e. The van der Waals surface area contributed by atoms with Crippen molar-refractivity contribution in [3.05, 3.63) is 54.4 Å². The fourth-order valence-corrected chi connectivity index (χ4v) is 3.88. The van der Waals surface area contributed by atoms with Crippen LogP contribution in [0, 0.1) is 13.8 Å². The number of nitrogens with zero attached hydrogens (tertiary/aromatic N) is 8. The zero-order valence-corrected chi connectivity index (χ0v) is 16.9. The Hall–Kier alpha value is -3.26. The van der Waals surface area contributed by atoms with Crippen LogP contribution >= 0.6 is 0 Å². The van der Waals surface area contributed by atoms with Crippen molar-refractivity contribution in [1.29, 1.82) is 0 Å². The monoisotopic (exact) mass is 388 g/mol. The van der Waals surface area contributed by atoms with Crippen molar-refractivity contribution < 1.29 is 0 Å². The van der Waals surface area contributed by atoms with Crippen LogP contribution in [0.4, 0.5) is 5.82 Å². The van der Waals surface area contributed by atoms with Crippen molar-refractivity contribution in [3.63, 3.8) is 0 Å². The third-order valence-electron chi connectivity index (χ3n) is 5.50. The lowest BCUT2D eigenvalue weighted by atomic mass is 10.2. The maximum absolute atomic E-state index is 4.72. The van der Waals surface area contributed by atoms with Gasteiger partial charge >= 0.3 is 0 Å². The van der Waals surface area contributed by atoms with Crippen LogP contribution in [-0.2, 0) is 0 Å². The normalized spacial score (nSPS) is 15.3. The molecule has 148 valence electrons. The molecular formula is C21H24N8. The molecule has 4 aromatic heterocycles. The van der Waals surface area contributed by atoms with E-state index in [-0.39, 0.29) is 0 Å². The van der Waals surface area contributed by atoms with Crippen molar-refractivity contribution in [2.45, 2.75) is 13.8 Å². The summed E-state index contributed by atoms with van der Waals surface area (Å²) in [7, 11) is 2.16. The maximum atomic E-state index is 4.72. The molecule has 0 aromatic carbocycles. The van der Waals surface area contributed by atoms with Crippen LogP contribution in [0.3, 0.4) is 0 Å². The molecule has 0 spiro atoms. The molecule has 0 amide bonds. The van der Waals surface area contributed by atoms with E-state index in [1.165, 1.54) is 0 Å². The third-order valence-corrected chi connectivity index (χ3v) is 5.50. The number of piperazine rings is 1. The molecule has 0 radical (unpaired) electrons. The molecule has 4 aromatic rings. The number of hydrogen-bond donors (Lipinski definition) is 0. The molecule has 29 heavy (non-hydrogen) atoms. The van der Waals surface area contributed by atoms with E-state index >= 15 is 0 Å². The summed E-state index contributed by atoms with van der Waals surface area (Å²) in [5.74, 6) is 1.83. The number of imidazole rings is 1. The Labute approximate surface area is 169 Å². The number of rotatable bonds is 3. The lowest BCUT2D eigenvalue weighted by Gasteiger charge is -2.33. The first-order valence-electron chi connectivity index (χ1n) is 9.86. The maximum Gasteiger partial charge on any atom is 0.166 e. The van der Waals surface area contributed by atoms with Gasteiger partial charge in [-0.3, -0.25) is 4.57 Å². The largest absolute Gasteiger partial charge is 0.354 e. The van der Waals surface area contributed by atoms with Gasteiger partial charge in [-0.25, -0.2) is 19.5 Å². The molecule has 0 N–H and O–H groups in total. The number of fused-ring (bicyclic) bond motifs is 1. The summed E-state index contributed by atoms with van der Waals surface area (Å²) in [6.07, 6.45) is 7.50. The molecule has 0 atom stereocenters. The highest BCUT2D eigenvalue weighted by Gasteiger charge is 2.18. The van der Waals surface area contributed by atoms with Gasteiger partial charge in [0.2, 0.25) is 0 Å². The molecule has 0 saturated carbocycles. The topological polar surface area (TPSA) is 67.4 Å². The van der Waals surface area contributed by atoms with E-state index in [1.54, 1.807) is 6.20 Å². The van der Waals surface area contributed by atoms with Crippen LogP contribution in [0.15, 0.2) is 43.0 Å². The summed E-state index contributed by atoms with van der Waals surface area (Å²) in [6, 6.07) is 6.21. The standard InChI is InChI=1S/C21H24N8/c1-15-12-16(2)29-21(25-15)18(14-24-29)20-22-6-7-28(20)17-4-5-19(23-13-17)27-10-8-26(3)9-11-27/h4-7,12-14H,8-11H2,1-3H3. The molecular weight excluding hydrogens is 364 g/mol. The summed E-state index contributed by atoms with van der Waals surface area (Å²) in [5.41, 5.74) is 4.71. The SMILES string of the molecule is Cc1cc(C)n2ncc(-c3nccn3-c3ccc(N4CCN(C)CC4)nc3)c2n1. The van der Waals surface area contributed by atoms with E-state index in [9.17, 15) is 0 Å². The van der Waals surface area contributed by atoms with E-state index in [4.69, 9.17) is 4.98 Å². The summed E-state index contributed by atoms with van der Waals surface area (Å²) in [5, 5.41) is 4.51. The fraction of sp³-hybridized carbons (Fsp3) is 0.333. The van der Waals surface area contributed by atoms with Gasteiger partial charge in [0.05, 0.1) is 23.6 Å². The first-order valence-corrected chi connectivity index (χ1v) is 9.86. The van der Waals surface area contributed by atoms with Crippen LogP contribution in [0.1, 0.15) is 11.4 Å². The average Bonchev–Trinajstić information content (AvgIpc) is 3.35. The number of likely N-dealkylation sites (N-methyl/N-ethyl adjacent to an activating group) is 1. The van der Waals surface area contributed by atoms with Gasteiger partial charge in [0.15, 0.2) is 5.65 Å². The second kappa shape index (κ2) is 6.97. The Bertz CT molecular complexity index is 1150. The van der Waals surface area contributed by atoms with Crippen molar-refractivity contribution in [3.8, 4) is 17.1 Å². The van der Waals surface area contributed by atoms with Crippen LogP contribution in [-0.4, -0.2) is 67.3 Å². The van der Waals surface area contributed by atoms with Crippen molar-refractivity contribution in [2.75, 3.05) is 38.1 Å². The van der Waals surface area contributed by atoms with Crippen LogP contribution in [0.5, 0.6) is 0 Å². The zero-order valence-electron chi connectivity index (χ0n) is 16.9. The van der Waals surface area contributed by atoms with Gasteiger partial charge in [-0.15, -0.1) is 0 Å². The number of hydrogen-bond acceptors (Lipinski definition) is 6. The highest BCUT2D eigenvalue weighted by molar-refractivity contribution is 5.74. The van der Waals surface area contributed by atoms with E-state index in [2.05, 4.69) is 44.0 Å².